The molecule has 142 valence electrons. The van der Waals surface area contributed by atoms with Crippen molar-refractivity contribution in [1.29, 1.82) is 0 Å². The molecule has 0 aromatic heterocycles. The topological polar surface area (TPSA) is 40.1 Å². The van der Waals surface area contributed by atoms with Crippen LogP contribution in [0.25, 0.3) is 0 Å². The Hall–Kier alpha value is -1.02. The highest BCUT2D eigenvalue weighted by Crippen LogP contribution is 2.25. The first kappa shape index (κ1) is 21.0. The third-order valence-electron chi connectivity index (χ3n) is 4.11. The summed E-state index contributed by atoms with van der Waals surface area (Å²) in [7, 11) is 0. The molecule has 24 heavy (non-hydrogen) atoms. The van der Waals surface area contributed by atoms with Gasteiger partial charge in [0.25, 0.3) is 0 Å². The minimum Gasteiger partial charge on any atom is -0.380 e. The second kappa shape index (κ2) is 10.8. The van der Waals surface area contributed by atoms with Crippen LogP contribution in [-0.4, -0.2) is 80.5 Å². The maximum Gasteiger partial charge on any atom is 0.403 e. The fourth-order valence-electron chi connectivity index (χ4n) is 2.52. The Bertz CT molecular complexity index is 369. The number of alkyl halides is 3. The van der Waals surface area contributed by atoms with E-state index in [0.717, 1.165) is 32.0 Å². The van der Waals surface area contributed by atoms with Crippen molar-refractivity contribution in [3.63, 3.8) is 0 Å². The van der Waals surface area contributed by atoms with E-state index in [-0.39, 0.29) is 0 Å². The summed E-state index contributed by atoms with van der Waals surface area (Å²) in [5, 5.41) is 3.21. The maximum absolute atomic E-state index is 12.8. The predicted molar refractivity (Wildman–Crippen MR) is 90.4 cm³/mol. The lowest BCUT2D eigenvalue weighted by atomic mass is 10.2. The minimum atomic E-state index is -4.17. The van der Waals surface area contributed by atoms with E-state index in [2.05, 4.69) is 17.2 Å². The summed E-state index contributed by atoms with van der Waals surface area (Å²) < 4.78 is 43.9. The average molecular weight is 352 g/mol. The largest absolute Gasteiger partial charge is 0.403 e. The highest BCUT2D eigenvalue weighted by molar-refractivity contribution is 5.80. The van der Waals surface area contributed by atoms with Crippen LogP contribution in [0.4, 0.5) is 13.2 Å². The van der Waals surface area contributed by atoms with E-state index in [1.165, 1.54) is 11.8 Å². The Morgan fingerprint density at radius 1 is 1.17 bits per heavy atom. The van der Waals surface area contributed by atoms with Crippen molar-refractivity contribution in [3.8, 4) is 0 Å². The number of hydrogen-bond donors (Lipinski definition) is 1. The van der Waals surface area contributed by atoms with Gasteiger partial charge in [-0.15, -0.1) is 0 Å². The first-order valence-electron chi connectivity index (χ1n) is 8.81. The van der Waals surface area contributed by atoms with Crippen molar-refractivity contribution in [2.45, 2.75) is 45.8 Å². The number of halogens is 3. The fourth-order valence-corrected chi connectivity index (χ4v) is 2.52. The zero-order valence-electron chi connectivity index (χ0n) is 15.0. The summed E-state index contributed by atoms with van der Waals surface area (Å²) in [6.07, 6.45) is -2.02. The van der Waals surface area contributed by atoms with E-state index in [9.17, 15) is 13.2 Å². The van der Waals surface area contributed by atoms with Crippen molar-refractivity contribution in [3.05, 3.63) is 0 Å². The van der Waals surface area contributed by atoms with Gasteiger partial charge in [0.1, 0.15) is 6.04 Å². The summed E-state index contributed by atoms with van der Waals surface area (Å²) >= 11 is 0. The van der Waals surface area contributed by atoms with Gasteiger partial charge in [-0.3, -0.25) is 9.89 Å². The zero-order chi connectivity index (χ0) is 18.0. The first-order valence-corrected chi connectivity index (χ1v) is 8.81. The van der Waals surface area contributed by atoms with Crippen molar-refractivity contribution in [2.75, 3.05) is 52.5 Å². The van der Waals surface area contributed by atoms with Crippen LogP contribution in [0.5, 0.6) is 0 Å². The van der Waals surface area contributed by atoms with E-state index in [1.807, 2.05) is 11.8 Å². The molecule has 1 atom stereocenters. The predicted octanol–water partition coefficient (Wildman–Crippen LogP) is 2.34. The number of rotatable bonds is 8. The Morgan fingerprint density at radius 2 is 1.83 bits per heavy atom. The van der Waals surface area contributed by atoms with E-state index >= 15 is 0 Å². The van der Waals surface area contributed by atoms with Crippen LogP contribution >= 0.6 is 0 Å². The molecule has 1 N–H and O–H groups in total. The molecule has 1 unspecified atom stereocenters. The lowest BCUT2D eigenvalue weighted by Crippen LogP contribution is -2.56. The molecule has 0 amide bonds. The van der Waals surface area contributed by atoms with E-state index in [1.54, 1.807) is 0 Å². The van der Waals surface area contributed by atoms with Gasteiger partial charge in [-0.25, -0.2) is 0 Å². The van der Waals surface area contributed by atoms with Crippen LogP contribution in [0.1, 0.15) is 33.6 Å². The SMILES string of the molecule is CCCCOCCN=C(NCC)N1CCN(C(C)C(F)(F)F)CC1. The van der Waals surface area contributed by atoms with Crippen LogP contribution in [0, 0.1) is 0 Å². The molecule has 1 saturated heterocycles. The molecule has 0 saturated carbocycles. The third kappa shape index (κ3) is 7.25. The number of nitrogens with one attached hydrogen (secondary N) is 1. The molecular formula is C16H31F3N4O. The van der Waals surface area contributed by atoms with Crippen molar-refractivity contribution in [1.82, 2.24) is 15.1 Å². The van der Waals surface area contributed by atoms with Crippen molar-refractivity contribution in [2.24, 2.45) is 4.99 Å². The van der Waals surface area contributed by atoms with Gasteiger partial charge in [0.2, 0.25) is 0 Å². The van der Waals surface area contributed by atoms with E-state index in [0.29, 0.717) is 39.3 Å². The number of piperazine rings is 1. The van der Waals surface area contributed by atoms with Gasteiger partial charge in [0.05, 0.1) is 13.2 Å². The maximum atomic E-state index is 12.8. The molecule has 0 aromatic carbocycles. The van der Waals surface area contributed by atoms with Gasteiger partial charge in [0, 0.05) is 39.3 Å². The normalized spacial score (nSPS) is 18.8. The summed E-state index contributed by atoms with van der Waals surface area (Å²) in [6.45, 7) is 9.79. The Kier molecular flexibility index (Phi) is 9.43. The number of unbranched alkanes of at least 4 members (excludes halogenated alkanes) is 1. The smallest absolute Gasteiger partial charge is 0.380 e. The van der Waals surface area contributed by atoms with Gasteiger partial charge in [-0.1, -0.05) is 13.3 Å². The minimum absolute atomic E-state index is 0.387. The Labute approximate surface area is 143 Å². The lowest BCUT2D eigenvalue weighted by molar-refractivity contribution is -0.181. The Balaban J connectivity index is 2.44. The lowest BCUT2D eigenvalue weighted by Gasteiger charge is -2.39. The highest BCUT2D eigenvalue weighted by Gasteiger charge is 2.41. The average Bonchev–Trinajstić information content (AvgIpc) is 2.55. The van der Waals surface area contributed by atoms with Crippen LogP contribution in [0.3, 0.4) is 0 Å². The monoisotopic (exact) mass is 352 g/mol. The summed E-state index contributed by atoms with van der Waals surface area (Å²) in [6, 6.07) is -1.40. The van der Waals surface area contributed by atoms with Crippen molar-refractivity contribution >= 4 is 5.96 Å². The molecule has 5 nitrogen and oxygen atoms in total. The number of hydrogen-bond acceptors (Lipinski definition) is 3. The van der Waals surface area contributed by atoms with Gasteiger partial charge in [-0.2, -0.15) is 13.2 Å². The summed E-state index contributed by atoms with van der Waals surface area (Å²) in [5.41, 5.74) is 0. The molecule has 1 fully saturated rings. The molecule has 0 radical (unpaired) electrons. The molecule has 1 aliphatic rings. The second-order valence-electron chi connectivity index (χ2n) is 5.94. The fraction of sp³-hybridized carbons (Fsp3) is 0.938. The highest BCUT2D eigenvalue weighted by atomic mass is 19.4. The number of guanidine groups is 1. The molecule has 1 heterocycles. The molecule has 1 rings (SSSR count). The number of nitrogens with zero attached hydrogens (tertiary/aromatic N) is 3. The van der Waals surface area contributed by atoms with E-state index in [4.69, 9.17) is 4.74 Å². The molecule has 1 aliphatic heterocycles. The number of ether oxygens (including phenoxy) is 1. The van der Waals surface area contributed by atoms with Gasteiger partial charge in [-0.05, 0) is 20.3 Å². The quantitative estimate of drug-likeness (QED) is 0.414. The zero-order valence-corrected chi connectivity index (χ0v) is 15.0. The van der Waals surface area contributed by atoms with Crippen LogP contribution in [0.2, 0.25) is 0 Å². The van der Waals surface area contributed by atoms with Gasteiger partial charge < -0.3 is 15.0 Å². The summed E-state index contributed by atoms with van der Waals surface area (Å²) in [5.74, 6) is 0.760. The van der Waals surface area contributed by atoms with Crippen LogP contribution in [0.15, 0.2) is 4.99 Å². The standard InChI is InChI=1S/C16H31F3N4O/c1-4-6-12-24-13-7-21-15(20-5-2)23-10-8-22(9-11-23)14(3)16(17,18)19/h14H,4-13H2,1-3H3,(H,20,21). The second-order valence-corrected chi connectivity index (χ2v) is 5.94. The third-order valence-corrected chi connectivity index (χ3v) is 4.11. The van der Waals surface area contributed by atoms with Crippen molar-refractivity contribution < 1.29 is 17.9 Å². The molecule has 0 aliphatic carbocycles. The van der Waals surface area contributed by atoms with E-state index < -0.39 is 12.2 Å². The molecular weight excluding hydrogens is 321 g/mol. The van der Waals surface area contributed by atoms with Crippen LogP contribution in [-0.2, 0) is 4.74 Å². The summed E-state index contributed by atoms with van der Waals surface area (Å²) in [4.78, 5) is 8.02. The number of aliphatic imine (C=N–C) groups is 1. The van der Waals surface area contributed by atoms with Gasteiger partial charge in [0.15, 0.2) is 5.96 Å². The van der Waals surface area contributed by atoms with Gasteiger partial charge >= 0.3 is 6.18 Å². The molecule has 0 aromatic rings. The van der Waals surface area contributed by atoms with Crippen LogP contribution < -0.4 is 5.32 Å². The molecule has 8 heteroatoms. The molecule has 0 spiro atoms. The molecule has 0 bridgehead atoms. The first-order chi connectivity index (χ1) is 11.4. The Morgan fingerprint density at radius 3 is 2.38 bits per heavy atom.